The van der Waals surface area contributed by atoms with Crippen molar-refractivity contribution in [1.82, 2.24) is 4.98 Å². The third-order valence-electron chi connectivity index (χ3n) is 3.56. The Morgan fingerprint density at radius 1 is 1.44 bits per heavy atom. The summed E-state index contributed by atoms with van der Waals surface area (Å²) in [7, 11) is 1.70. The Balaban J connectivity index is 2.17. The highest BCUT2D eigenvalue weighted by Crippen LogP contribution is 2.47. The monoisotopic (exact) mass is 218 g/mol. The van der Waals surface area contributed by atoms with E-state index in [1.54, 1.807) is 13.2 Å². The number of nitrogens with zero attached hydrogens (tertiary/aromatic N) is 2. The first-order valence-corrected chi connectivity index (χ1v) is 5.65. The number of ether oxygens (including phenoxy) is 1. The number of aromatic nitrogens is 1. The summed E-state index contributed by atoms with van der Waals surface area (Å²) in [5, 5.41) is 0. The minimum absolute atomic E-state index is 0.284. The summed E-state index contributed by atoms with van der Waals surface area (Å²) in [4.78, 5) is 17.6. The normalized spacial score (nSPS) is 22.1. The Morgan fingerprint density at radius 3 is 2.94 bits per heavy atom. The van der Waals surface area contributed by atoms with Crippen LogP contribution in [0.25, 0.3) is 0 Å². The minimum atomic E-state index is -0.396. The number of rotatable bonds is 0. The molecule has 84 valence electrons. The zero-order valence-electron chi connectivity index (χ0n) is 9.27. The highest BCUT2D eigenvalue weighted by atomic mass is 16.6. The van der Waals surface area contributed by atoms with Crippen LogP contribution in [0.4, 0.5) is 10.6 Å². The van der Waals surface area contributed by atoms with Crippen LogP contribution in [-0.2, 0) is 10.3 Å². The molecule has 0 bridgehead atoms. The van der Waals surface area contributed by atoms with Gasteiger partial charge < -0.3 is 4.74 Å². The number of pyridine rings is 1. The Hall–Kier alpha value is -1.58. The standard InChI is InChI=1S/C12H14N2O2/c1-14-10-9(5-4-8-13-10)12(16-11(14)15)6-2-3-7-12/h4-5,8H,2-3,6-7H2,1H3. The van der Waals surface area contributed by atoms with Crippen LogP contribution in [0.3, 0.4) is 0 Å². The topological polar surface area (TPSA) is 42.4 Å². The van der Waals surface area contributed by atoms with Crippen molar-refractivity contribution in [3.8, 4) is 0 Å². The van der Waals surface area contributed by atoms with Gasteiger partial charge in [0.15, 0.2) is 0 Å². The summed E-state index contributed by atoms with van der Waals surface area (Å²) in [6.07, 6.45) is 5.51. The molecule has 2 aliphatic rings. The van der Waals surface area contributed by atoms with Crippen molar-refractivity contribution in [3.05, 3.63) is 23.9 Å². The lowest BCUT2D eigenvalue weighted by atomic mass is 9.91. The highest BCUT2D eigenvalue weighted by Gasteiger charge is 2.46. The molecule has 0 aromatic carbocycles. The maximum Gasteiger partial charge on any atom is 0.416 e. The van der Waals surface area contributed by atoms with E-state index >= 15 is 0 Å². The van der Waals surface area contributed by atoms with Crippen molar-refractivity contribution in [3.63, 3.8) is 0 Å². The Morgan fingerprint density at radius 2 is 2.19 bits per heavy atom. The second kappa shape index (κ2) is 3.20. The zero-order valence-corrected chi connectivity index (χ0v) is 9.27. The van der Waals surface area contributed by atoms with Crippen LogP contribution in [-0.4, -0.2) is 18.1 Å². The Kier molecular flexibility index (Phi) is 1.93. The number of anilines is 1. The van der Waals surface area contributed by atoms with Gasteiger partial charge in [-0.05, 0) is 37.8 Å². The fourth-order valence-electron chi connectivity index (χ4n) is 2.71. The molecule has 3 rings (SSSR count). The van der Waals surface area contributed by atoms with Crippen LogP contribution in [0.1, 0.15) is 31.2 Å². The predicted octanol–water partition coefficient (Wildman–Crippen LogP) is 2.44. The van der Waals surface area contributed by atoms with Gasteiger partial charge in [-0.1, -0.05) is 0 Å². The van der Waals surface area contributed by atoms with E-state index in [2.05, 4.69) is 4.98 Å². The van der Waals surface area contributed by atoms with Crippen molar-refractivity contribution in [1.29, 1.82) is 0 Å². The van der Waals surface area contributed by atoms with Crippen molar-refractivity contribution in [2.45, 2.75) is 31.3 Å². The molecule has 0 unspecified atom stereocenters. The molecule has 1 aromatic rings. The van der Waals surface area contributed by atoms with E-state index < -0.39 is 5.60 Å². The van der Waals surface area contributed by atoms with Gasteiger partial charge in [-0.3, -0.25) is 4.90 Å². The van der Waals surface area contributed by atoms with Crippen LogP contribution in [0.2, 0.25) is 0 Å². The van der Waals surface area contributed by atoms with E-state index in [1.165, 1.54) is 4.90 Å². The molecule has 1 spiro atoms. The molecule has 16 heavy (non-hydrogen) atoms. The summed E-state index contributed by atoms with van der Waals surface area (Å²) in [5.74, 6) is 0.751. The number of hydrogen-bond acceptors (Lipinski definition) is 3. The number of carbonyl (C=O) groups excluding carboxylic acids is 1. The summed E-state index contributed by atoms with van der Waals surface area (Å²) in [5.41, 5.74) is 0.669. The molecule has 1 aliphatic carbocycles. The van der Waals surface area contributed by atoms with E-state index in [0.717, 1.165) is 37.1 Å². The van der Waals surface area contributed by atoms with E-state index in [0.29, 0.717) is 0 Å². The molecule has 0 saturated heterocycles. The largest absolute Gasteiger partial charge is 0.437 e. The van der Waals surface area contributed by atoms with Gasteiger partial charge in [0.1, 0.15) is 11.4 Å². The van der Waals surface area contributed by atoms with Crippen LogP contribution in [0.5, 0.6) is 0 Å². The molecule has 1 saturated carbocycles. The number of amides is 1. The minimum Gasteiger partial charge on any atom is -0.437 e. The first kappa shape index (κ1) is 9.63. The Labute approximate surface area is 94.2 Å². The van der Waals surface area contributed by atoms with Gasteiger partial charge in [-0.25, -0.2) is 9.78 Å². The maximum absolute atomic E-state index is 11.8. The van der Waals surface area contributed by atoms with Gasteiger partial charge in [0.05, 0.1) is 0 Å². The van der Waals surface area contributed by atoms with Crippen molar-refractivity contribution in [2.24, 2.45) is 0 Å². The van der Waals surface area contributed by atoms with E-state index in [-0.39, 0.29) is 6.09 Å². The Bertz CT molecular complexity index is 438. The SMILES string of the molecule is CN1C(=O)OC2(CCCC2)c2cccnc21. The van der Waals surface area contributed by atoms with Gasteiger partial charge in [-0.15, -0.1) is 0 Å². The van der Waals surface area contributed by atoms with Crippen LogP contribution >= 0.6 is 0 Å². The van der Waals surface area contributed by atoms with Gasteiger partial charge in [0.2, 0.25) is 0 Å². The van der Waals surface area contributed by atoms with Gasteiger partial charge >= 0.3 is 6.09 Å². The second-order valence-electron chi connectivity index (χ2n) is 4.50. The fraction of sp³-hybridized carbons (Fsp3) is 0.500. The third kappa shape index (κ3) is 1.16. The summed E-state index contributed by atoms with van der Waals surface area (Å²) >= 11 is 0. The molecule has 4 heteroatoms. The lowest BCUT2D eigenvalue weighted by molar-refractivity contribution is 0.0112. The van der Waals surface area contributed by atoms with Crippen LogP contribution in [0, 0.1) is 0 Å². The average Bonchev–Trinajstić information content (AvgIpc) is 2.76. The smallest absolute Gasteiger partial charge is 0.416 e. The highest BCUT2D eigenvalue weighted by molar-refractivity contribution is 5.89. The van der Waals surface area contributed by atoms with Gasteiger partial charge in [0.25, 0.3) is 0 Å². The lowest BCUT2D eigenvalue weighted by Gasteiger charge is -2.38. The first-order chi connectivity index (χ1) is 7.73. The third-order valence-corrected chi connectivity index (χ3v) is 3.56. The molecule has 0 atom stereocenters. The van der Waals surface area contributed by atoms with E-state index in [4.69, 9.17) is 4.74 Å². The first-order valence-electron chi connectivity index (χ1n) is 5.65. The molecule has 1 aliphatic heterocycles. The summed E-state index contributed by atoms with van der Waals surface area (Å²) < 4.78 is 5.62. The average molecular weight is 218 g/mol. The molecule has 1 amide bonds. The van der Waals surface area contributed by atoms with E-state index in [9.17, 15) is 4.79 Å². The second-order valence-corrected chi connectivity index (χ2v) is 4.50. The van der Waals surface area contributed by atoms with Gasteiger partial charge in [0, 0.05) is 18.8 Å². The predicted molar refractivity (Wildman–Crippen MR) is 59.3 cm³/mol. The molecule has 2 heterocycles. The van der Waals surface area contributed by atoms with Gasteiger partial charge in [-0.2, -0.15) is 0 Å². The zero-order chi connectivity index (χ0) is 11.2. The summed E-state index contributed by atoms with van der Waals surface area (Å²) in [6.45, 7) is 0. The molecule has 1 fully saturated rings. The van der Waals surface area contributed by atoms with Crippen molar-refractivity contribution >= 4 is 11.9 Å². The molecule has 4 nitrogen and oxygen atoms in total. The molecular weight excluding hydrogens is 204 g/mol. The van der Waals surface area contributed by atoms with Crippen LogP contribution < -0.4 is 4.90 Å². The maximum atomic E-state index is 11.8. The molecule has 0 N–H and O–H groups in total. The lowest BCUT2D eigenvalue weighted by Crippen LogP contribution is -2.43. The number of hydrogen-bond donors (Lipinski definition) is 0. The van der Waals surface area contributed by atoms with E-state index in [1.807, 2.05) is 12.1 Å². The number of carbonyl (C=O) groups is 1. The van der Waals surface area contributed by atoms with Crippen LogP contribution in [0.15, 0.2) is 18.3 Å². The quantitative estimate of drug-likeness (QED) is 0.671. The number of fused-ring (bicyclic) bond motifs is 2. The molecule has 0 radical (unpaired) electrons. The molecular formula is C12H14N2O2. The van der Waals surface area contributed by atoms with Crippen molar-refractivity contribution < 1.29 is 9.53 Å². The molecule has 1 aromatic heterocycles. The fourth-order valence-corrected chi connectivity index (χ4v) is 2.71. The van der Waals surface area contributed by atoms with Crippen molar-refractivity contribution in [2.75, 3.05) is 11.9 Å². The summed E-state index contributed by atoms with van der Waals surface area (Å²) in [6, 6.07) is 3.93.